The Morgan fingerprint density at radius 3 is 1.53 bits per heavy atom. The van der Waals surface area contributed by atoms with E-state index in [2.05, 4.69) is 206 Å². The Balaban J connectivity index is 0.950. The van der Waals surface area contributed by atoms with Crippen molar-refractivity contribution in [1.29, 1.82) is 0 Å². The van der Waals surface area contributed by atoms with Crippen molar-refractivity contribution >= 4 is 87.0 Å². The summed E-state index contributed by atoms with van der Waals surface area (Å²) in [5.74, 6) is 0. The maximum absolute atomic E-state index is 6.54. The van der Waals surface area contributed by atoms with E-state index in [1.165, 1.54) is 76.5 Å². The molecule has 0 N–H and O–H groups in total. The first kappa shape index (κ1) is 33.1. The summed E-state index contributed by atoms with van der Waals surface area (Å²) in [6, 6.07) is 74.6. The predicted octanol–water partition coefficient (Wildman–Crippen LogP) is 16.8. The molecule has 0 saturated heterocycles. The Morgan fingerprint density at radius 2 is 0.783 bits per heavy atom. The molecule has 2 aromatic heterocycles. The molecule has 2 nitrogen and oxygen atoms in total. The van der Waals surface area contributed by atoms with Crippen LogP contribution in [0, 0.1) is 0 Å². The standard InChI is InChI=1S/C58H34O2/c1-3-15-42-35(11-1)28-32-53-57(42)50-34-40(29-31-51(50)59-53)39-13-9-14-41(33-39)55-47-19-7-5-17-45(47)54(46-18-6-8-20-48(46)55)38-25-23-37(24-26-38)43-21-10-22-52-56(43)49-30-27-36-12-2-4-16-44(36)58(49)60-52/h1-34H. The van der Waals surface area contributed by atoms with Gasteiger partial charge in [0.1, 0.15) is 22.3 Å². The number of benzene rings is 11. The molecule has 0 unspecified atom stereocenters. The van der Waals surface area contributed by atoms with Crippen LogP contribution in [0.4, 0.5) is 0 Å². The van der Waals surface area contributed by atoms with Crippen molar-refractivity contribution in [3.63, 3.8) is 0 Å². The van der Waals surface area contributed by atoms with Crippen LogP contribution in [-0.2, 0) is 0 Å². The molecule has 11 aromatic carbocycles. The topological polar surface area (TPSA) is 26.3 Å². The Labute approximate surface area is 345 Å². The minimum absolute atomic E-state index is 0.905. The lowest BCUT2D eigenvalue weighted by atomic mass is 9.85. The van der Waals surface area contributed by atoms with Crippen LogP contribution in [0.3, 0.4) is 0 Å². The largest absolute Gasteiger partial charge is 0.456 e. The van der Waals surface area contributed by atoms with E-state index >= 15 is 0 Å². The van der Waals surface area contributed by atoms with Crippen LogP contribution in [0.1, 0.15) is 0 Å². The average Bonchev–Trinajstić information content (AvgIpc) is 3.90. The van der Waals surface area contributed by atoms with Crippen LogP contribution in [-0.4, -0.2) is 0 Å². The highest BCUT2D eigenvalue weighted by molar-refractivity contribution is 6.23. The Kier molecular flexibility index (Phi) is 7.05. The van der Waals surface area contributed by atoms with E-state index in [0.717, 1.165) is 55.0 Å². The van der Waals surface area contributed by atoms with E-state index in [9.17, 15) is 0 Å². The molecule has 278 valence electrons. The second kappa shape index (κ2) is 12.8. The van der Waals surface area contributed by atoms with Crippen molar-refractivity contribution in [2.75, 3.05) is 0 Å². The van der Waals surface area contributed by atoms with Crippen LogP contribution in [0.2, 0.25) is 0 Å². The summed E-state index contributed by atoms with van der Waals surface area (Å²) in [4.78, 5) is 0. The van der Waals surface area contributed by atoms with E-state index in [1.807, 2.05) is 0 Å². The molecule has 0 bridgehead atoms. The molecule has 0 spiro atoms. The molecule has 2 heterocycles. The summed E-state index contributed by atoms with van der Waals surface area (Å²) in [7, 11) is 0. The highest BCUT2D eigenvalue weighted by Gasteiger charge is 2.19. The summed E-state index contributed by atoms with van der Waals surface area (Å²) in [5, 5.41) is 14.3. The zero-order chi connectivity index (χ0) is 39.3. The van der Waals surface area contributed by atoms with E-state index < -0.39 is 0 Å². The SMILES string of the molecule is c1cc(-c2ccc3oc4ccc5ccccc5c4c3c2)cc(-c2c3ccccc3c(-c3ccc(-c4cccc5oc6c7ccccc7ccc6c45)cc3)c3ccccc23)c1. The van der Waals surface area contributed by atoms with Gasteiger partial charge in [-0.25, -0.2) is 0 Å². The van der Waals surface area contributed by atoms with Gasteiger partial charge in [0.25, 0.3) is 0 Å². The second-order valence-electron chi connectivity index (χ2n) is 15.9. The van der Waals surface area contributed by atoms with Gasteiger partial charge in [0.15, 0.2) is 0 Å². The third-order valence-corrected chi connectivity index (χ3v) is 12.6. The minimum atomic E-state index is 0.905. The molecule has 0 fully saturated rings. The molecule has 0 aliphatic heterocycles. The van der Waals surface area contributed by atoms with Gasteiger partial charge in [-0.1, -0.05) is 170 Å². The fourth-order valence-corrected chi connectivity index (χ4v) is 9.94. The normalized spacial score (nSPS) is 12.0. The van der Waals surface area contributed by atoms with Crippen molar-refractivity contribution in [3.05, 3.63) is 206 Å². The fourth-order valence-electron chi connectivity index (χ4n) is 9.94. The van der Waals surface area contributed by atoms with Gasteiger partial charge in [0.2, 0.25) is 0 Å². The van der Waals surface area contributed by atoms with E-state index in [-0.39, 0.29) is 0 Å². The summed E-state index contributed by atoms with van der Waals surface area (Å²) < 4.78 is 12.9. The molecule has 0 atom stereocenters. The highest BCUT2D eigenvalue weighted by Crippen LogP contribution is 2.46. The number of rotatable bonds is 4. The summed E-state index contributed by atoms with van der Waals surface area (Å²) >= 11 is 0. The van der Waals surface area contributed by atoms with E-state index in [4.69, 9.17) is 8.83 Å². The van der Waals surface area contributed by atoms with Crippen molar-refractivity contribution in [2.24, 2.45) is 0 Å². The average molecular weight is 763 g/mol. The van der Waals surface area contributed by atoms with Gasteiger partial charge in [0, 0.05) is 26.9 Å². The molecule has 0 amide bonds. The zero-order valence-corrected chi connectivity index (χ0v) is 32.4. The summed E-state index contributed by atoms with van der Waals surface area (Å²) in [6.45, 7) is 0. The lowest BCUT2D eigenvalue weighted by Crippen LogP contribution is -1.91. The Bertz CT molecular complexity index is 3820. The quantitative estimate of drug-likeness (QED) is 0.167. The fraction of sp³-hybridized carbons (Fsp3) is 0. The maximum Gasteiger partial charge on any atom is 0.143 e. The highest BCUT2D eigenvalue weighted by atomic mass is 16.3. The van der Waals surface area contributed by atoms with E-state index in [0.29, 0.717) is 0 Å². The first-order valence-corrected chi connectivity index (χ1v) is 20.6. The van der Waals surface area contributed by atoms with Crippen LogP contribution in [0.25, 0.3) is 131 Å². The first-order chi connectivity index (χ1) is 29.7. The first-order valence-electron chi connectivity index (χ1n) is 20.6. The predicted molar refractivity (Wildman–Crippen MR) is 253 cm³/mol. The lowest BCUT2D eigenvalue weighted by molar-refractivity contribution is 0.669. The molecule has 0 saturated carbocycles. The van der Waals surface area contributed by atoms with Crippen LogP contribution < -0.4 is 0 Å². The second-order valence-corrected chi connectivity index (χ2v) is 15.9. The molecule has 13 aromatic rings. The monoisotopic (exact) mass is 762 g/mol. The molecule has 2 heteroatoms. The van der Waals surface area contributed by atoms with Crippen molar-refractivity contribution < 1.29 is 8.83 Å². The number of hydrogen-bond donors (Lipinski definition) is 0. The van der Waals surface area contributed by atoms with Crippen LogP contribution in [0.15, 0.2) is 215 Å². The molecular weight excluding hydrogens is 729 g/mol. The van der Waals surface area contributed by atoms with Gasteiger partial charge in [0.05, 0.1) is 0 Å². The Morgan fingerprint density at radius 1 is 0.250 bits per heavy atom. The third-order valence-electron chi connectivity index (χ3n) is 12.6. The molecule has 60 heavy (non-hydrogen) atoms. The van der Waals surface area contributed by atoms with Gasteiger partial charge >= 0.3 is 0 Å². The third kappa shape index (κ3) is 4.88. The number of furan rings is 2. The van der Waals surface area contributed by atoms with Gasteiger partial charge in [-0.2, -0.15) is 0 Å². The molecular formula is C58H34O2. The lowest BCUT2D eigenvalue weighted by Gasteiger charge is -2.18. The molecule has 0 aliphatic rings. The van der Waals surface area contributed by atoms with Gasteiger partial charge < -0.3 is 8.83 Å². The van der Waals surface area contributed by atoms with Crippen LogP contribution >= 0.6 is 0 Å². The minimum Gasteiger partial charge on any atom is -0.456 e. The maximum atomic E-state index is 6.54. The number of fused-ring (bicyclic) bond motifs is 12. The van der Waals surface area contributed by atoms with Gasteiger partial charge in [-0.05, 0) is 119 Å². The van der Waals surface area contributed by atoms with Crippen molar-refractivity contribution in [2.45, 2.75) is 0 Å². The Hall–Kier alpha value is -7.94. The van der Waals surface area contributed by atoms with Crippen molar-refractivity contribution in [3.8, 4) is 44.5 Å². The summed E-state index contributed by atoms with van der Waals surface area (Å²) in [5.41, 5.74) is 13.2. The molecule has 13 rings (SSSR count). The van der Waals surface area contributed by atoms with Gasteiger partial charge in [-0.15, -0.1) is 0 Å². The summed E-state index contributed by atoms with van der Waals surface area (Å²) in [6.07, 6.45) is 0. The molecule has 0 aliphatic carbocycles. The zero-order valence-electron chi connectivity index (χ0n) is 32.4. The van der Waals surface area contributed by atoms with Gasteiger partial charge in [-0.3, -0.25) is 0 Å². The van der Waals surface area contributed by atoms with Crippen LogP contribution in [0.5, 0.6) is 0 Å². The molecule has 0 radical (unpaired) electrons. The smallest absolute Gasteiger partial charge is 0.143 e. The number of hydrogen-bond acceptors (Lipinski definition) is 2. The van der Waals surface area contributed by atoms with E-state index in [1.54, 1.807) is 0 Å². The van der Waals surface area contributed by atoms with Crippen molar-refractivity contribution in [1.82, 2.24) is 0 Å².